The zero-order valence-electron chi connectivity index (χ0n) is 14.1. The summed E-state index contributed by atoms with van der Waals surface area (Å²) in [5, 5.41) is 9.43. The van der Waals surface area contributed by atoms with Crippen LogP contribution in [0.5, 0.6) is 0 Å². The number of amides is 1. The number of rotatable bonds is 3. The Bertz CT molecular complexity index is 564. The van der Waals surface area contributed by atoms with Gasteiger partial charge in [-0.05, 0) is 27.2 Å². The van der Waals surface area contributed by atoms with Gasteiger partial charge in [-0.3, -0.25) is 4.90 Å². The number of carbonyl (C=O) groups is 2. The largest absolute Gasteiger partial charge is 0.465 e. The molecular weight excluding hydrogens is 298 g/mol. The van der Waals surface area contributed by atoms with Crippen molar-refractivity contribution in [2.45, 2.75) is 57.7 Å². The molecule has 2 heterocycles. The minimum atomic E-state index is -1.04. The first kappa shape index (κ1) is 17.3. The highest BCUT2D eigenvalue weighted by Crippen LogP contribution is 2.36. The Kier molecular flexibility index (Phi) is 4.43. The third kappa shape index (κ3) is 3.06. The molecule has 0 fully saturated rings. The molecule has 2 aliphatic rings. The van der Waals surface area contributed by atoms with Crippen LogP contribution >= 0.6 is 0 Å². The monoisotopic (exact) mass is 323 g/mol. The molecule has 0 aromatic heterocycles. The van der Waals surface area contributed by atoms with Gasteiger partial charge in [-0.2, -0.15) is 0 Å². The van der Waals surface area contributed by atoms with Crippen LogP contribution in [0.2, 0.25) is 0 Å². The molecule has 0 saturated heterocycles. The third-order valence-electron chi connectivity index (χ3n) is 4.24. The van der Waals surface area contributed by atoms with Crippen LogP contribution in [0, 0.1) is 0 Å². The van der Waals surface area contributed by atoms with Crippen molar-refractivity contribution in [2.24, 2.45) is 0 Å². The third-order valence-corrected chi connectivity index (χ3v) is 4.24. The predicted octanol–water partition coefficient (Wildman–Crippen LogP) is 1.78. The van der Waals surface area contributed by atoms with Crippen molar-refractivity contribution in [3.63, 3.8) is 0 Å². The molecule has 2 unspecified atom stereocenters. The van der Waals surface area contributed by atoms with Crippen LogP contribution in [0.25, 0.3) is 0 Å². The fourth-order valence-electron chi connectivity index (χ4n) is 3.01. The van der Waals surface area contributed by atoms with Gasteiger partial charge in [0.05, 0.1) is 12.6 Å². The lowest BCUT2D eigenvalue weighted by Crippen LogP contribution is -2.56. The van der Waals surface area contributed by atoms with Crippen LogP contribution in [0.3, 0.4) is 0 Å². The molecule has 0 aromatic rings. The van der Waals surface area contributed by atoms with Crippen LogP contribution in [0.15, 0.2) is 23.9 Å². The van der Waals surface area contributed by atoms with Crippen LogP contribution in [-0.2, 0) is 9.53 Å². The summed E-state index contributed by atoms with van der Waals surface area (Å²) in [6, 6.07) is -0.313. The Hall–Kier alpha value is -2.02. The number of hydrogen-bond acceptors (Lipinski definition) is 5. The van der Waals surface area contributed by atoms with Crippen molar-refractivity contribution in [3.05, 3.63) is 23.9 Å². The maximum Gasteiger partial charge on any atom is 0.408 e. The van der Waals surface area contributed by atoms with E-state index in [4.69, 9.17) is 4.74 Å². The molecular formula is C16H25N3O4. The molecule has 0 aromatic carbocycles. The van der Waals surface area contributed by atoms with E-state index in [0.29, 0.717) is 12.8 Å². The van der Waals surface area contributed by atoms with Crippen molar-refractivity contribution in [3.8, 4) is 0 Å². The summed E-state index contributed by atoms with van der Waals surface area (Å²) in [5.74, 6) is -0.396. The number of carboxylic acid groups (broad SMARTS) is 1. The van der Waals surface area contributed by atoms with Gasteiger partial charge in [-0.1, -0.05) is 13.0 Å². The number of carbonyl (C=O) groups excluding carboxylic acids is 1. The van der Waals surface area contributed by atoms with Gasteiger partial charge in [0.25, 0.3) is 0 Å². The second kappa shape index (κ2) is 5.88. The van der Waals surface area contributed by atoms with Gasteiger partial charge in [0.15, 0.2) is 5.54 Å². The Balaban J connectivity index is 2.37. The molecule has 0 spiro atoms. The second-order valence-corrected chi connectivity index (χ2v) is 6.89. The summed E-state index contributed by atoms with van der Waals surface area (Å²) < 4.78 is 5.55. The molecule has 0 bridgehead atoms. The molecule has 1 amide bonds. The summed E-state index contributed by atoms with van der Waals surface area (Å²) in [7, 11) is 0. The second-order valence-electron chi connectivity index (χ2n) is 6.89. The number of hydrogen-bond donors (Lipinski definition) is 3. The number of esters is 1. The number of nitrogens with zero attached hydrogens (tertiary/aromatic N) is 1. The standard InChI is InChI=1S/C16H25N3O4/c1-6-10-8-12-11(9-19(10)14(21)22)16(7-2,18-17-12)13(20)23-15(3,4)5/h6,10,17-18H,1,7-9H2,2-5H3,(H,21,22). The highest BCUT2D eigenvalue weighted by molar-refractivity contribution is 5.87. The zero-order valence-corrected chi connectivity index (χ0v) is 14.1. The maximum atomic E-state index is 12.8. The Labute approximate surface area is 136 Å². The van der Waals surface area contributed by atoms with Gasteiger partial charge in [0, 0.05) is 17.7 Å². The molecule has 7 heteroatoms. The van der Waals surface area contributed by atoms with E-state index in [0.717, 1.165) is 11.3 Å². The van der Waals surface area contributed by atoms with E-state index >= 15 is 0 Å². The number of hydrazine groups is 1. The van der Waals surface area contributed by atoms with Crippen LogP contribution < -0.4 is 10.9 Å². The topological polar surface area (TPSA) is 90.9 Å². The van der Waals surface area contributed by atoms with Crippen LogP contribution in [0.1, 0.15) is 40.5 Å². The SMILES string of the molecule is C=CC1CC2=C(CN1C(=O)O)C(CC)(C(=O)OC(C)(C)C)NN2. The average molecular weight is 323 g/mol. The highest BCUT2D eigenvalue weighted by Gasteiger charge is 2.51. The first-order chi connectivity index (χ1) is 10.6. The van der Waals surface area contributed by atoms with E-state index in [2.05, 4.69) is 17.4 Å². The van der Waals surface area contributed by atoms with Crippen molar-refractivity contribution in [2.75, 3.05) is 6.54 Å². The van der Waals surface area contributed by atoms with E-state index in [1.165, 1.54) is 4.90 Å². The molecule has 0 aliphatic carbocycles. The van der Waals surface area contributed by atoms with Crippen LogP contribution in [0.4, 0.5) is 4.79 Å². The summed E-state index contributed by atoms with van der Waals surface area (Å²) in [4.78, 5) is 25.6. The quantitative estimate of drug-likeness (QED) is 0.542. The summed E-state index contributed by atoms with van der Waals surface area (Å²) in [6.45, 7) is 11.2. The molecule has 7 nitrogen and oxygen atoms in total. The van der Waals surface area contributed by atoms with E-state index in [1.807, 2.05) is 27.7 Å². The number of ether oxygens (including phenoxy) is 1. The summed E-state index contributed by atoms with van der Waals surface area (Å²) >= 11 is 0. The number of nitrogens with one attached hydrogen (secondary N) is 2. The minimum absolute atomic E-state index is 0.147. The lowest BCUT2D eigenvalue weighted by atomic mass is 9.83. The maximum absolute atomic E-state index is 12.8. The lowest BCUT2D eigenvalue weighted by molar-refractivity contribution is -0.161. The molecule has 2 aliphatic heterocycles. The van der Waals surface area contributed by atoms with E-state index in [-0.39, 0.29) is 12.6 Å². The van der Waals surface area contributed by atoms with Gasteiger partial charge in [0.1, 0.15) is 5.60 Å². The lowest BCUT2D eigenvalue weighted by Gasteiger charge is -2.37. The fourth-order valence-corrected chi connectivity index (χ4v) is 3.01. The van der Waals surface area contributed by atoms with E-state index in [1.54, 1.807) is 6.08 Å². The van der Waals surface area contributed by atoms with Gasteiger partial charge in [-0.15, -0.1) is 6.58 Å². The normalized spacial score (nSPS) is 27.3. The molecule has 2 atom stereocenters. The molecule has 0 radical (unpaired) electrons. The summed E-state index contributed by atoms with van der Waals surface area (Å²) in [5.41, 5.74) is 6.01. The van der Waals surface area contributed by atoms with Gasteiger partial charge in [0.2, 0.25) is 0 Å². The molecule has 23 heavy (non-hydrogen) atoms. The van der Waals surface area contributed by atoms with Gasteiger partial charge in [-0.25, -0.2) is 15.0 Å². The van der Waals surface area contributed by atoms with Gasteiger partial charge >= 0.3 is 12.1 Å². The smallest absolute Gasteiger partial charge is 0.408 e. The van der Waals surface area contributed by atoms with Crippen molar-refractivity contribution >= 4 is 12.1 Å². The molecule has 128 valence electrons. The van der Waals surface area contributed by atoms with Gasteiger partial charge < -0.3 is 15.3 Å². The zero-order chi connectivity index (χ0) is 17.4. The van der Waals surface area contributed by atoms with Crippen LogP contribution in [-0.4, -0.2) is 45.8 Å². The molecule has 0 saturated carbocycles. The Morgan fingerprint density at radius 1 is 1.52 bits per heavy atom. The van der Waals surface area contributed by atoms with E-state index in [9.17, 15) is 14.7 Å². The fraction of sp³-hybridized carbons (Fsp3) is 0.625. The Morgan fingerprint density at radius 3 is 2.65 bits per heavy atom. The van der Waals surface area contributed by atoms with Crippen molar-refractivity contribution < 1.29 is 19.4 Å². The molecule has 3 N–H and O–H groups in total. The highest BCUT2D eigenvalue weighted by atomic mass is 16.6. The summed E-state index contributed by atoms with van der Waals surface area (Å²) in [6.07, 6.45) is 1.50. The first-order valence-corrected chi connectivity index (χ1v) is 7.76. The van der Waals surface area contributed by atoms with Crippen molar-refractivity contribution in [1.82, 2.24) is 15.8 Å². The first-order valence-electron chi connectivity index (χ1n) is 7.76. The average Bonchev–Trinajstić information content (AvgIpc) is 2.82. The Morgan fingerprint density at radius 2 is 2.17 bits per heavy atom. The van der Waals surface area contributed by atoms with E-state index < -0.39 is 23.2 Å². The molecule has 2 rings (SSSR count). The van der Waals surface area contributed by atoms with Crippen molar-refractivity contribution in [1.29, 1.82) is 0 Å². The predicted molar refractivity (Wildman–Crippen MR) is 85.5 cm³/mol. The minimum Gasteiger partial charge on any atom is -0.465 e.